The summed E-state index contributed by atoms with van der Waals surface area (Å²) >= 11 is 1.46. The second kappa shape index (κ2) is 8.85. The molecule has 0 bridgehead atoms. The minimum absolute atomic E-state index is 0.0631. The molecule has 0 atom stereocenters. The first-order valence-electron chi connectivity index (χ1n) is 6.94. The van der Waals surface area contributed by atoms with E-state index >= 15 is 0 Å². The number of ether oxygens (including phenoxy) is 2. The van der Waals surface area contributed by atoms with Crippen LogP contribution in [0.15, 0.2) is 58.5 Å². The van der Waals surface area contributed by atoms with E-state index in [1.807, 2.05) is 48.5 Å². The predicted molar refractivity (Wildman–Crippen MR) is 93.8 cm³/mol. The van der Waals surface area contributed by atoms with E-state index < -0.39 is 0 Å². The van der Waals surface area contributed by atoms with Crippen LogP contribution in [-0.4, -0.2) is 32.0 Å². The molecule has 0 saturated heterocycles. The van der Waals surface area contributed by atoms with Gasteiger partial charge in [0.15, 0.2) is 5.78 Å². The summed E-state index contributed by atoms with van der Waals surface area (Å²) in [5.74, 6) is 1.84. The largest absolute Gasteiger partial charge is 0.497 e. The van der Waals surface area contributed by atoms with Crippen molar-refractivity contribution in [3.8, 4) is 11.5 Å². The van der Waals surface area contributed by atoms with Gasteiger partial charge in [0.05, 0.1) is 31.9 Å². The lowest BCUT2D eigenvalue weighted by Gasteiger charge is -2.03. The van der Waals surface area contributed by atoms with Crippen LogP contribution >= 0.6 is 11.8 Å². The minimum atomic E-state index is -0.0631. The van der Waals surface area contributed by atoms with Gasteiger partial charge in [-0.25, -0.2) is 0 Å². The van der Waals surface area contributed by atoms with Crippen molar-refractivity contribution in [2.24, 2.45) is 5.10 Å². The normalized spacial score (nSPS) is 10.5. The highest BCUT2D eigenvalue weighted by Crippen LogP contribution is 2.21. The highest BCUT2D eigenvalue weighted by atomic mass is 32.2. The van der Waals surface area contributed by atoms with Crippen molar-refractivity contribution in [1.82, 2.24) is 0 Å². The lowest BCUT2D eigenvalue weighted by atomic mass is 10.3. The van der Waals surface area contributed by atoms with Crippen LogP contribution in [0.2, 0.25) is 0 Å². The number of Topliss-reactive ketones (excluding diaryl/α,β-unsaturated/α-hetero) is 1. The van der Waals surface area contributed by atoms with Crippen LogP contribution in [0.25, 0.3) is 0 Å². The Labute approximate surface area is 139 Å². The molecule has 5 nitrogen and oxygen atoms in total. The standard InChI is InChI=1S/C17H18N2O3S/c1-21-15-5-3-13(4-6-15)19-18-11-14(20)12-23-17-9-7-16(22-2)8-10-17/h3-11,19H,12H2,1-2H3. The van der Waals surface area contributed by atoms with Gasteiger partial charge in [0.2, 0.25) is 0 Å². The van der Waals surface area contributed by atoms with Gasteiger partial charge in [0, 0.05) is 4.90 Å². The van der Waals surface area contributed by atoms with Gasteiger partial charge in [-0.05, 0) is 48.5 Å². The summed E-state index contributed by atoms with van der Waals surface area (Å²) in [6.07, 6.45) is 1.29. The third-order valence-electron chi connectivity index (χ3n) is 2.93. The molecule has 0 heterocycles. The van der Waals surface area contributed by atoms with Crippen molar-refractivity contribution in [1.29, 1.82) is 0 Å². The van der Waals surface area contributed by atoms with Gasteiger partial charge in [-0.3, -0.25) is 10.2 Å². The molecule has 0 aliphatic heterocycles. The molecule has 1 N–H and O–H groups in total. The van der Waals surface area contributed by atoms with E-state index in [1.54, 1.807) is 14.2 Å². The molecule has 2 aromatic rings. The number of anilines is 1. The summed E-state index contributed by atoms with van der Waals surface area (Å²) in [4.78, 5) is 12.8. The van der Waals surface area contributed by atoms with Gasteiger partial charge in [0.1, 0.15) is 11.5 Å². The van der Waals surface area contributed by atoms with Crippen molar-refractivity contribution in [2.75, 3.05) is 25.4 Å². The number of rotatable bonds is 8. The SMILES string of the molecule is COc1ccc(NN=CC(=O)CSc2ccc(OC)cc2)cc1. The third-order valence-corrected chi connectivity index (χ3v) is 3.97. The molecule has 0 fully saturated rings. The average molecular weight is 330 g/mol. The van der Waals surface area contributed by atoms with Gasteiger partial charge in [0.25, 0.3) is 0 Å². The fraction of sp³-hybridized carbons (Fsp3) is 0.176. The van der Waals surface area contributed by atoms with Crippen molar-refractivity contribution < 1.29 is 14.3 Å². The Morgan fingerprint density at radius 1 is 1.04 bits per heavy atom. The molecule has 0 spiro atoms. The zero-order chi connectivity index (χ0) is 16.5. The summed E-state index contributed by atoms with van der Waals surface area (Å²) < 4.78 is 10.2. The summed E-state index contributed by atoms with van der Waals surface area (Å²) in [5, 5.41) is 3.94. The Morgan fingerprint density at radius 3 is 2.17 bits per heavy atom. The molecule has 120 valence electrons. The molecular weight excluding hydrogens is 312 g/mol. The van der Waals surface area contributed by atoms with Crippen molar-refractivity contribution in [2.45, 2.75) is 4.90 Å². The highest BCUT2D eigenvalue weighted by Gasteiger charge is 2.01. The maximum Gasteiger partial charge on any atom is 0.185 e. The van der Waals surface area contributed by atoms with Crippen molar-refractivity contribution >= 4 is 29.4 Å². The maximum atomic E-state index is 11.8. The van der Waals surface area contributed by atoms with Gasteiger partial charge in [-0.2, -0.15) is 5.10 Å². The Morgan fingerprint density at radius 2 is 1.61 bits per heavy atom. The Hall–Kier alpha value is -2.47. The van der Waals surface area contributed by atoms with Crippen LogP contribution in [0.3, 0.4) is 0 Å². The summed E-state index contributed by atoms with van der Waals surface area (Å²) in [5.41, 5.74) is 3.60. The zero-order valence-electron chi connectivity index (χ0n) is 13.0. The summed E-state index contributed by atoms with van der Waals surface area (Å²) in [6.45, 7) is 0. The second-order valence-electron chi connectivity index (χ2n) is 4.53. The molecule has 0 unspecified atom stereocenters. The van der Waals surface area contributed by atoms with E-state index in [0.29, 0.717) is 5.75 Å². The topological polar surface area (TPSA) is 59.9 Å². The van der Waals surface area contributed by atoms with Gasteiger partial charge < -0.3 is 9.47 Å². The molecule has 0 saturated carbocycles. The van der Waals surface area contributed by atoms with Crippen LogP contribution in [0.1, 0.15) is 0 Å². The van der Waals surface area contributed by atoms with E-state index in [9.17, 15) is 4.79 Å². The van der Waals surface area contributed by atoms with Crippen LogP contribution in [0.4, 0.5) is 5.69 Å². The second-order valence-corrected chi connectivity index (χ2v) is 5.58. The lowest BCUT2D eigenvalue weighted by molar-refractivity contribution is -0.110. The first-order chi connectivity index (χ1) is 11.2. The number of hydrazone groups is 1. The van der Waals surface area contributed by atoms with Crippen LogP contribution in [0.5, 0.6) is 11.5 Å². The number of nitrogens with zero attached hydrogens (tertiary/aromatic N) is 1. The van der Waals surface area contributed by atoms with Crippen molar-refractivity contribution in [3.63, 3.8) is 0 Å². The molecule has 0 aliphatic rings. The molecule has 0 radical (unpaired) electrons. The fourth-order valence-corrected chi connectivity index (χ4v) is 2.42. The summed E-state index contributed by atoms with van der Waals surface area (Å²) in [7, 11) is 3.23. The van der Waals surface area contributed by atoms with Gasteiger partial charge in [-0.1, -0.05) is 0 Å². The van der Waals surface area contributed by atoms with E-state index in [0.717, 1.165) is 22.1 Å². The van der Waals surface area contributed by atoms with Gasteiger partial charge >= 0.3 is 0 Å². The zero-order valence-corrected chi connectivity index (χ0v) is 13.8. The summed E-state index contributed by atoms with van der Waals surface area (Å²) in [6, 6.07) is 14.9. The number of nitrogens with one attached hydrogen (secondary N) is 1. The van der Waals surface area contributed by atoms with E-state index in [2.05, 4.69) is 10.5 Å². The Bertz CT molecular complexity index is 655. The molecule has 6 heteroatoms. The van der Waals surface area contributed by atoms with E-state index in [-0.39, 0.29) is 5.78 Å². The number of methoxy groups -OCH3 is 2. The van der Waals surface area contributed by atoms with E-state index in [4.69, 9.17) is 9.47 Å². The fourth-order valence-electron chi connectivity index (χ4n) is 1.71. The maximum absolute atomic E-state index is 11.8. The van der Waals surface area contributed by atoms with Crippen molar-refractivity contribution in [3.05, 3.63) is 48.5 Å². The number of carbonyl (C=O) groups excluding carboxylic acids is 1. The number of hydrogen-bond acceptors (Lipinski definition) is 6. The molecule has 0 aromatic heterocycles. The molecule has 0 amide bonds. The molecule has 2 rings (SSSR count). The highest BCUT2D eigenvalue weighted by molar-refractivity contribution is 8.00. The van der Waals surface area contributed by atoms with Crippen LogP contribution in [-0.2, 0) is 4.79 Å². The predicted octanol–water partition coefficient (Wildman–Crippen LogP) is 3.46. The average Bonchev–Trinajstić information content (AvgIpc) is 2.61. The number of thioether (sulfide) groups is 1. The number of carbonyl (C=O) groups is 1. The quantitative estimate of drug-likeness (QED) is 0.456. The number of hydrogen-bond donors (Lipinski definition) is 1. The minimum Gasteiger partial charge on any atom is -0.497 e. The number of benzene rings is 2. The van der Waals surface area contributed by atoms with Gasteiger partial charge in [-0.15, -0.1) is 11.8 Å². The van der Waals surface area contributed by atoms with Crippen LogP contribution in [0, 0.1) is 0 Å². The Balaban J connectivity index is 1.76. The molecule has 0 aliphatic carbocycles. The third kappa shape index (κ3) is 5.67. The van der Waals surface area contributed by atoms with Crippen LogP contribution < -0.4 is 14.9 Å². The first kappa shape index (κ1) is 16.9. The smallest absolute Gasteiger partial charge is 0.185 e. The number of ketones is 1. The Kier molecular flexibility index (Phi) is 6.50. The molecule has 2 aromatic carbocycles. The molecular formula is C17H18N2O3S. The first-order valence-corrected chi connectivity index (χ1v) is 7.92. The molecule has 23 heavy (non-hydrogen) atoms. The lowest BCUT2D eigenvalue weighted by Crippen LogP contribution is -2.04. The van der Waals surface area contributed by atoms with E-state index in [1.165, 1.54) is 18.0 Å². The monoisotopic (exact) mass is 330 g/mol.